The van der Waals surface area contributed by atoms with E-state index in [1.54, 1.807) is 0 Å². The van der Waals surface area contributed by atoms with Gasteiger partial charge in [-0.05, 0) is 19.8 Å². The highest BCUT2D eigenvalue weighted by Gasteiger charge is 2.69. The van der Waals surface area contributed by atoms with Gasteiger partial charge in [0.1, 0.15) is 0 Å². The van der Waals surface area contributed by atoms with Crippen LogP contribution >= 0.6 is 12.4 Å². The maximum atomic E-state index is 10.9. The zero-order valence-electron chi connectivity index (χ0n) is 7.45. The van der Waals surface area contributed by atoms with Crippen LogP contribution in [0.3, 0.4) is 0 Å². The van der Waals surface area contributed by atoms with Gasteiger partial charge in [0.2, 0.25) is 0 Å². The molecule has 13 heavy (non-hydrogen) atoms. The second-order valence-electron chi connectivity index (χ2n) is 3.96. The van der Waals surface area contributed by atoms with Crippen LogP contribution in [0, 0.1) is 5.41 Å². The summed E-state index contributed by atoms with van der Waals surface area (Å²) in [6.07, 6.45) is 0.999. The van der Waals surface area contributed by atoms with Crippen LogP contribution in [-0.2, 0) is 9.53 Å². The average molecular weight is 208 g/mol. The van der Waals surface area contributed by atoms with Crippen molar-refractivity contribution in [3.8, 4) is 0 Å². The summed E-state index contributed by atoms with van der Waals surface area (Å²) in [5.74, 6) is -0.739. The highest BCUT2D eigenvalue weighted by molar-refractivity contribution is 5.85. The zero-order valence-corrected chi connectivity index (χ0v) is 8.26. The molecule has 3 fully saturated rings. The van der Waals surface area contributed by atoms with Crippen LogP contribution in [0.5, 0.6) is 0 Å². The molecule has 0 aromatic rings. The van der Waals surface area contributed by atoms with Crippen molar-refractivity contribution < 1.29 is 14.6 Å². The largest absolute Gasteiger partial charge is 0.481 e. The Balaban J connectivity index is 0.000000845. The molecule has 1 atom stereocenters. The molecule has 5 heteroatoms. The number of halogens is 1. The minimum Gasteiger partial charge on any atom is -0.481 e. The lowest BCUT2D eigenvalue weighted by molar-refractivity contribution is -0.154. The number of rotatable bonds is 2. The summed E-state index contributed by atoms with van der Waals surface area (Å²) in [6, 6.07) is 0. The Morgan fingerprint density at radius 1 is 1.69 bits per heavy atom. The summed E-state index contributed by atoms with van der Waals surface area (Å²) in [5.41, 5.74) is 4.58. The number of hydrogen-bond donors (Lipinski definition) is 2. The average Bonchev–Trinajstić information content (AvgIpc) is 2.36. The molecule has 1 aliphatic carbocycles. The summed E-state index contributed by atoms with van der Waals surface area (Å²) < 4.78 is 5.53. The molecule has 0 radical (unpaired) electrons. The first-order chi connectivity index (χ1) is 5.55. The maximum absolute atomic E-state index is 10.9. The van der Waals surface area contributed by atoms with Crippen molar-refractivity contribution in [2.75, 3.05) is 6.54 Å². The number of aliphatic carboxylic acids is 1. The van der Waals surface area contributed by atoms with Gasteiger partial charge in [0, 0.05) is 6.54 Å². The Labute approximate surface area is 82.8 Å². The molecule has 76 valence electrons. The Morgan fingerprint density at radius 2 is 2.23 bits per heavy atom. The molecule has 3 N–H and O–H groups in total. The molecule has 0 aromatic carbocycles. The van der Waals surface area contributed by atoms with E-state index in [9.17, 15) is 4.79 Å². The molecule has 0 aromatic heterocycles. The monoisotopic (exact) mass is 207 g/mol. The van der Waals surface area contributed by atoms with Gasteiger partial charge in [-0.15, -0.1) is 12.4 Å². The first-order valence-electron chi connectivity index (χ1n) is 4.16. The Kier molecular flexibility index (Phi) is 2.35. The predicted molar refractivity (Wildman–Crippen MR) is 48.9 cm³/mol. The highest BCUT2D eigenvalue weighted by Crippen LogP contribution is 2.61. The molecule has 2 heterocycles. The molecule has 4 nitrogen and oxygen atoms in total. The summed E-state index contributed by atoms with van der Waals surface area (Å²) in [6.45, 7) is 2.25. The lowest BCUT2D eigenvalue weighted by Crippen LogP contribution is -2.53. The van der Waals surface area contributed by atoms with E-state index in [4.69, 9.17) is 15.6 Å². The Bertz CT molecular complexity index is 238. The fourth-order valence-corrected chi connectivity index (χ4v) is 2.47. The van der Waals surface area contributed by atoms with E-state index >= 15 is 0 Å². The minimum atomic E-state index is -0.739. The van der Waals surface area contributed by atoms with Gasteiger partial charge in [0.05, 0.1) is 17.1 Å². The molecule has 2 saturated heterocycles. The quantitative estimate of drug-likeness (QED) is 0.687. The summed E-state index contributed by atoms with van der Waals surface area (Å²) in [5, 5.41) is 8.97. The van der Waals surface area contributed by atoms with E-state index < -0.39 is 11.4 Å². The standard InChI is InChI=1S/C8H13NO3.ClH/c1-5-8(6(10)11)2-7(3-8,4-9)12-5;/h5H,2-4,9H2,1H3,(H,10,11);1H. The zero-order chi connectivity index (χ0) is 8.98. The van der Waals surface area contributed by atoms with Crippen molar-refractivity contribution in [1.82, 2.24) is 0 Å². The summed E-state index contributed by atoms with van der Waals surface area (Å²) in [7, 11) is 0. The molecular weight excluding hydrogens is 194 g/mol. The number of fused-ring (bicyclic) bond motifs is 1. The Morgan fingerprint density at radius 3 is 2.46 bits per heavy atom. The number of hydrogen-bond acceptors (Lipinski definition) is 3. The second kappa shape index (κ2) is 2.83. The van der Waals surface area contributed by atoms with Crippen molar-refractivity contribution in [1.29, 1.82) is 0 Å². The van der Waals surface area contributed by atoms with Crippen molar-refractivity contribution in [2.24, 2.45) is 11.1 Å². The number of carbonyl (C=O) groups is 1. The van der Waals surface area contributed by atoms with Gasteiger partial charge in [-0.25, -0.2) is 0 Å². The number of ether oxygens (including phenoxy) is 1. The second-order valence-corrected chi connectivity index (χ2v) is 3.96. The molecule has 0 spiro atoms. The fourth-order valence-electron chi connectivity index (χ4n) is 2.47. The molecule has 1 unspecified atom stereocenters. The molecule has 3 aliphatic rings. The van der Waals surface area contributed by atoms with Crippen LogP contribution in [0.4, 0.5) is 0 Å². The first-order valence-corrected chi connectivity index (χ1v) is 4.16. The van der Waals surface area contributed by atoms with Crippen molar-refractivity contribution in [3.05, 3.63) is 0 Å². The first kappa shape index (κ1) is 10.8. The van der Waals surface area contributed by atoms with Crippen molar-refractivity contribution in [2.45, 2.75) is 31.5 Å². The lowest BCUT2D eigenvalue weighted by atomic mass is 9.60. The lowest BCUT2D eigenvalue weighted by Gasteiger charge is -2.41. The number of carboxylic acid groups (broad SMARTS) is 1. The van der Waals surface area contributed by atoms with Gasteiger partial charge in [0.15, 0.2) is 0 Å². The van der Waals surface area contributed by atoms with E-state index in [1.807, 2.05) is 6.92 Å². The van der Waals surface area contributed by atoms with E-state index in [0.29, 0.717) is 19.4 Å². The molecule has 1 saturated carbocycles. The third-order valence-electron chi connectivity index (χ3n) is 3.28. The number of nitrogens with two attached hydrogens (primary N) is 1. The molecule has 3 rings (SSSR count). The van der Waals surface area contributed by atoms with Crippen LogP contribution in [0.25, 0.3) is 0 Å². The third-order valence-corrected chi connectivity index (χ3v) is 3.28. The van der Waals surface area contributed by atoms with Gasteiger partial charge >= 0.3 is 5.97 Å². The minimum absolute atomic E-state index is 0. The van der Waals surface area contributed by atoms with E-state index in [1.165, 1.54) is 0 Å². The Hall–Kier alpha value is -0.320. The van der Waals surface area contributed by atoms with Gasteiger partial charge in [-0.1, -0.05) is 0 Å². The fraction of sp³-hybridized carbons (Fsp3) is 0.875. The smallest absolute Gasteiger partial charge is 0.312 e. The van der Waals surface area contributed by atoms with Crippen LogP contribution < -0.4 is 5.73 Å². The van der Waals surface area contributed by atoms with E-state index in [0.717, 1.165) is 0 Å². The van der Waals surface area contributed by atoms with Crippen LogP contribution in [0.1, 0.15) is 19.8 Å². The van der Waals surface area contributed by atoms with Gasteiger partial charge < -0.3 is 15.6 Å². The van der Waals surface area contributed by atoms with Crippen LogP contribution in [0.2, 0.25) is 0 Å². The molecule has 0 amide bonds. The van der Waals surface area contributed by atoms with Crippen LogP contribution in [0.15, 0.2) is 0 Å². The highest BCUT2D eigenvalue weighted by atomic mass is 35.5. The van der Waals surface area contributed by atoms with Crippen molar-refractivity contribution >= 4 is 18.4 Å². The summed E-state index contributed by atoms with van der Waals surface area (Å²) in [4.78, 5) is 10.9. The number of carboxylic acids is 1. The SMILES string of the molecule is CC1OC2(CN)CC1(C(=O)O)C2.Cl. The van der Waals surface area contributed by atoms with E-state index in [-0.39, 0.29) is 24.1 Å². The molecule has 2 bridgehead atoms. The predicted octanol–water partition coefficient (Wildman–Crippen LogP) is 0.389. The van der Waals surface area contributed by atoms with Gasteiger partial charge in [0.25, 0.3) is 0 Å². The normalized spacial score (nSPS) is 46.5. The summed E-state index contributed by atoms with van der Waals surface area (Å²) >= 11 is 0. The van der Waals surface area contributed by atoms with Crippen molar-refractivity contribution in [3.63, 3.8) is 0 Å². The third kappa shape index (κ3) is 1.09. The maximum Gasteiger partial charge on any atom is 0.312 e. The topological polar surface area (TPSA) is 72.5 Å². The molecule has 2 aliphatic heterocycles. The van der Waals surface area contributed by atoms with Gasteiger partial charge in [-0.2, -0.15) is 0 Å². The van der Waals surface area contributed by atoms with Crippen LogP contribution in [-0.4, -0.2) is 29.3 Å². The van der Waals surface area contributed by atoms with E-state index in [2.05, 4.69) is 0 Å². The van der Waals surface area contributed by atoms with Gasteiger partial charge in [-0.3, -0.25) is 4.79 Å². The molecular formula is C8H14ClNO3.